The molecule has 0 radical (unpaired) electrons. The van der Waals surface area contributed by atoms with Crippen LogP contribution in [0.15, 0.2) is 53.2 Å². The summed E-state index contributed by atoms with van der Waals surface area (Å²) in [5, 5.41) is 7.92. The lowest BCUT2D eigenvalue weighted by Gasteiger charge is -2.02. The summed E-state index contributed by atoms with van der Waals surface area (Å²) >= 11 is 3.29. The molecule has 0 atom stereocenters. The molecule has 3 rings (SSSR count). The highest BCUT2D eigenvalue weighted by atomic mass is 32.1. The molecule has 3 aromatic rings. The Morgan fingerprint density at radius 1 is 1.09 bits per heavy atom. The van der Waals surface area contributed by atoms with Crippen LogP contribution >= 0.6 is 22.7 Å². The Morgan fingerprint density at radius 3 is 2.73 bits per heavy atom. The molecular weight excluding hydrogens is 312 g/mol. The van der Waals surface area contributed by atoms with Crippen molar-refractivity contribution in [1.29, 1.82) is 0 Å². The highest BCUT2D eigenvalue weighted by molar-refractivity contribution is 7.13. The van der Waals surface area contributed by atoms with Crippen molar-refractivity contribution in [2.75, 3.05) is 6.54 Å². The van der Waals surface area contributed by atoms with E-state index < -0.39 is 0 Å². The second-order valence-corrected chi connectivity index (χ2v) is 6.76. The minimum absolute atomic E-state index is 0.0291. The Morgan fingerprint density at radius 2 is 1.95 bits per heavy atom. The fourth-order valence-electron chi connectivity index (χ4n) is 2.11. The van der Waals surface area contributed by atoms with Crippen LogP contribution in [-0.4, -0.2) is 17.4 Å². The van der Waals surface area contributed by atoms with Gasteiger partial charge in [-0.05, 0) is 17.9 Å². The van der Waals surface area contributed by atoms with Gasteiger partial charge in [-0.3, -0.25) is 4.79 Å². The summed E-state index contributed by atoms with van der Waals surface area (Å²) in [6.45, 7) is 0.676. The van der Waals surface area contributed by atoms with Crippen molar-refractivity contribution in [3.63, 3.8) is 0 Å². The number of nitrogens with one attached hydrogen (secondary N) is 1. The van der Waals surface area contributed by atoms with Crippen LogP contribution in [0.5, 0.6) is 0 Å². The summed E-state index contributed by atoms with van der Waals surface area (Å²) in [6, 6.07) is 14.2. The molecule has 0 saturated carbocycles. The van der Waals surface area contributed by atoms with Gasteiger partial charge in [0.05, 0.1) is 12.1 Å². The van der Waals surface area contributed by atoms with E-state index in [0.717, 1.165) is 22.7 Å². The zero-order chi connectivity index (χ0) is 15.2. The first-order valence-corrected chi connectivity index (χ1v) is 8.86. The monoisotopic (exact) mass is 328 g/mol. The molecule has 22 heavy (non-hydrogen) atoms. The van der Waals surface area contributed by atoms with Crippen LogP contribution in [0.3, 0.4) is 0 Å². The fraction of sp³-hybridized carbons (Fsp3) is 0.176. The average Bonchev–Trinajstić information content (AvgIpc) is 3.20. The number of benzene rings is 1. The van der Waals surface area contributed by atoms with Crippen molar-refractivity contribution < 1.29 is 4.79 Å². The largest absolute Gasteiger partial charge is 0.355 e. The molecule has 1 N–H and O–H groups in total. The lowest BCUT2D eigenvalue weighted by Crippen LogP contribution is -2.27. The second-order valence-electron chi connectivity index (χ2n) is 4.87. The van der Waals surface area contributed by atoms with E-state index in [1.54, 1.807) is 22.7 Å². The third kappa shape index (κ3) is 4.02. The van der Waals surface area contributed by atoms with Gasteiger partial charge in [-0.15, -0.1) is 22.7 Å². The van der Waals surface area contributed by atoms with Crippen molar-refractivity contribution in [2.24, 2.45) is 0 Å². The maximum absolute atomic E-state index is 11.9. The third-order valence-electron chi connectivity index (χ3n) is 3.19. The number of carbonyl (C=O) groups excluding carboxylic acids is 1. The number of nitrogens with zero attached hydrogens (tertiary/aromatic N) is 1. The molecule has 1 aromatic carbocycles. The number of carbonyl (C=O) groups is 1. The van der Waals surface area contributed by atoms with Gasteiger partial charge in [0.25, 0.3) is 0 Å². The molecule has 2 aromatic heterocycles. The predicted octanol–water partition coefficient (Wildman–Crippen LogP) is 3.77. The van der Waals surface area contributed by atoms with Gasteiger partial charge in [-0.25, -0.2) is 4.98 Å². The van der Waals surface area contributed by atoms with Crippen LogP contribution in [0.4, 0.5) is 0 Å². The van der Waals surface area contributed by atoms with Crippen LogP contribution < -0.4 is 5.32 Å². The summed E-state index contributed by atoms with van der Waals surface area (Å²) < 4.78 is 0. The number of hydrogen-bond donors (Lipinski definition) is 1. The first-order valence-electron chi connectivity index (χ1n) is 7.10. The molecule has 3 nitrogen and oxygen atoms in total. The van der Waals surface area contributed by atoms with Crippen LogP contribution in [0.2, 0.25) is 0 Å². The van der Waals surface area contributed by atoms with E-state index in [1.807, 2.05) is 41.8 Å². The Kier molecular flexibility index (Phi) is 4.98. The number of thiazole rings is 1. The second kappa shape index (κ2) is 7.33. The molecule has 1 amide bonds. The Balaban J connectivity index is 1.50. The quantitative estimate of drug-likeness (QED) is 0.748. The van der Waals surface area contributed by atoms with E-state index in [0.29, 0.717) is 13.0 Å². The van der Waals surface area contributed by atoms with Gasteiger partial charge in [-0.1, -0.05) is 36.4 Å². The molecule has 5 heteroatoms. The van der Waals surface area contributed by atoms with Gasteiger partial charge in [0.1, 0.15) is 5.01 Å². The standard InChI is InChI=1S/C17H16N2OS2/c20-16(18-9-8-15-7-4-10-21-15)11-14-12-22-17(19-14)13-5-2-1-3-6-13/h1-7,10,12H,8-9,11H2,(H,18,20). The van der Waals surface area contributed by atoms with Crippen molar-refractivity contribution in [3.8, 4) is 10.6 Å². The average molecular weight is 328 g/mol. The zero-order valence-corrected chi connectivity index (χ0v) is 13.6. The molecule has 0 bridgehead atoms. The summed E-state index contributed by atoms with van der Waals surface area (Å²) in [4.78, 5) is 17.8. The van der Waals surface area contributed by atoms with Crippen LogP contribution in [0.25, 0.3) is 10.6 Å². The third-order valence-corrected chi connectivity index (χ3v) is 5.06. The highest BCUT2D eigenvalue weighted by Crippen LogP contribution is 2.23. The molecule has 0 aliphatic rings. The van der Waals surface area contributed by atoms with E-state index in [4.69, 9.17) is 0 Å². The molecule has 0 saturated heterocycles. The summed E-state index contributed by atoms with van der Waals surface area (Å²) in [7, 11) is 0. The number of hydrogen-bond acceptors (Lipinski definition) is 4. The van der Waals surface area contributed by atoms with E-state index in [-0.39, 0.29) is 5.91 Å². The van der Waals surface area contributed by atoms with E-state index in [9.17, 15) is 4.79 Å². The molecule has 0 aliphatic heterocycles. The SMILES string of the molecule is O=C(Cc1csc(-c2ccccc2)n1)NCCc1cccs1. The van der Waals surface area contributed by atoms with Gasteiger partial charge >= 0.3 is 0 Å². The van der Waals surface area contributed by atoms with Gasteiger partial charge in [0, 0.05) is 22.4 Å². The van der Waals surface area contributed by atoms with Crippen LogP contribution in [-0.2, 0) is 17.6 Å². The van der Waals surface area contributed by atoms with Crippen molar-refractivity contribution in [3.05, 3.63) is 63.8 Å². The molecule has 0 unspecified atom stereocenters. The lowest BCUT2D eigenvalue weighted by molar-refractivity contribution is -0.120. The Labute approximate surface area is 137 Å². The molecule has 112 valence electrons. The van der Waals surface area contributed by atoms with Crippen molar-refractivity contribution >= 4 is 28.6 Å². The maximum atomic E-state index is 11.9. The van der Waals surface area contributed by atoms with Gasteiger partial charge < -0.3 is 5.32 Å². The Bertz CT molecular complexity index is 720. The van der Waals surface area contributed by atoms with E-state index >= 15 is 0 Å². The van der Waals surface area contributed by atoms with E-state index in [1.165, 1.54) is 4.88 Å². The summed E-state index contributed by atoms with van der Waals surface area (Å²) in [5.74, 6) is 0.0291. The first-order chi connectivity index (χ1) is 10.8. The van der Waals surface area contributed by atoms with Crippen molar-refractivity contribution in [1.82, 2.24) is 10.3 Å². The normalized spacial score (nSPS) is 10.5. The minimum atomic E-state index is 0.0291. The molecule has 0 aliphatic carbocycles. The zero-order valence-electron chi connectivity index (χ0n) is 12.0. The number of amides is 1. The predicted molar refractivity (Wildman–Crippen MR) is 92.3 cm³/mol. The minimum Gasteiger partial charge on any atom is -0.355 e. The highest BCUT2D eigenvalue weighted by Gasteiger charge is 2.08. The van der Waals surface area contributed by atoms with Crippen LogP contribution in [0, 0.1) is 0 Å². The number of thiophene rings is 1. The summed E-state index contributed by atoms with van der Waals surface area (Å²) in [5.41, 5.74) is 1.93. The molecular formula is C17H16N2OS2. The maximum Gasteiger partial charge on any atom is 0.226 e. The first kappa shape index (κ1) is 14.9. The van der Waals surface area contributed by atoms with Crippen LogP contribution in [0.1, 0.15) is 10.6 Å². The van der Waals surface area contributed by atoms with E-state index in [2.05, 4.69) is 21.7 Å². The smallest absolute Gasteiger partial charge is 0.226 e. The topological polar surface area (TPSA) is 42.0 Å². The van der Waals surface area contributed by atoms with Gasteiger partial charge in [0.2, 0.25) is 5.91 Å². The Hall–Kier alpha value is -1.98. The lowest BCUT2D eigenvalue weighted by atomic mass is 10.2. The van der Waals surface area contributed by atoms with Crippen molar-refractivity contribution in [2.45, 2.75) is 12.8 Å². The van der Waals surface area contributed by atoms with Gasteiger partial charge in [0.15, 0.2) is 0 Å². The van der Waals surface area contributed by atoms with Gasteiger partial charge in [-0.2, -0.15) is 0 Å². The molecule has 0 spiro atoms. The molecule has 2 heterocycles. The summed E-state index contributed by atoms with van der Waals surface area (Å²) in [6.07, 6.45) is 1.23. The number of rotatable bonds is 6. The molecule has 0 fully saturated rings. The fourth-order valence-corrected chi connectivity index (χ4v) is 3.64. The number of aromatic nitrogens is 1.